The number of esters is 9. The molecule has 36 heteroatoms. The molecule has 0 aliphatic heterocycles. The van der Waals surface area contributed by atoms with E-state index in [9.17, 15) is 73.0 Å². The third kappa shape index (κ3) is 74.6. The molecule has 0 radical (unpaired) electrons. The van der Waals surface area contributed by atoms with Crippen LogP contribution in [0.25, 0.3) is 4.85 Å². The Morgan fingerprint density at radius 1 is 0.381 bits per heavy atom. The van der Waals surface area contributed by atoms with Crippen LogP contribution < -0.4 is 11.1 Å². The van der Waals surface area contributed by atoms with Crippen molar-refractivity contribution in [1.82, 2.24) is 0 Å². The van der Waals surface area contributed by atoms with Crippen LogP contribution in [0.2, 0.25) is 0 Å². The number of nitro groups is 2. The number of hydrogen-bond donors (Lipinski definition) is 5. The Kier molecular flexibility index (Phi) is 86.1. The van der Waals surface area contributed by atoms with Crippen LogP contribution in [-0.4, -0.2) is 161 Å². The summed E-state index contributed by atoms with van der Waals surface area (Å²) in [6.07, 6.45) is 42.9. The number of carbonyl (C=O) groups excluding carboxylic acids is 10. The normalized spacial score (nSPS) is 11.2. The molecule has 0 fully saturated rings. The fraction of sp³-hybridized carbons (Fsp3) is 0.583. The van der Waals surface area contributed by atoms with Gasteiger partial charge in [0.1, 0.15) is 6.10 Å². The van der Waals surface area contributed by atoms with Gasteiger partial charge in [-0.15, -0.1) is 0 Å². The van der Waals surface area contributed by atoms with Crippen LogP contribution in [0.1, 0.15) is 379 Å². The number of aliphatic hydroxyl groups excluding tert-OH is 1. The molecular weight excluding hydrogens is 1880 g/mol. The maximum atomic E-state index is 12.0. The van der Waals surface area contributed by atoms with E-state index >= 15 is 0 Å². The van der Waals surface area contributed by atoms with E-state index in [1.807, 2.05) is 0 Å². The number of nitrogen functional groups attached to an aromatic ring is 1. The maximum absolute atomic E-state index is 12.0. The number of carbonyl (C=O) groups is 12. The van der Waals surface area contributed by atoms with Gasteiger partial charge in [-0.3, -0.25) is 29.8 Å². The number of halogens is 2. The van der Waals surface area contributed by atoms with E-state index in [1.165, 1.54) is 281 Å². The number of aliphatic hydroxyl groups is 1. The zero-order valence-electron chi connectivity index (χ0n) is 82.9. The van der Waals surface area contributed by atoms with Crippen molar-refractivity contribution in [3.63, 3.8) is 0 Å². The van der Waals surface area contributed by atoms with Crippen molar-refractivity contribution in [2.24, 2.45) is 0 Å². The van der Waals surface area contributed by atoms with E-state index in [4.69, 9.17) is 95.4 Å². The van der Waals surface area contributed by atoms with Gasteiger partial charge in [0, 0.05) is 37.1 Å². The number of carboxylic acid groups (broad SMARTS) is 2. The summed E-state index contributed by atoms with van der Waals surface area (Å²) in [5.41, 5.74) is 8.06. The van der Waals surface area contributed by atoms with Gasteiger partial charge in [-0.05, 0) is 140 Å². The molecular formula is C103H155Cl2N5NiO28. The van der Waals surface area contributed by atoms with E-state index in [1.54, 1.807) is 36.4 Å². The Labute approximate surface area is 837 Å². The number of nitrogens with two attached hydrogens (primary N) is 1. The van der Waals surface area contributed by atoms with Gasteiger partial charge in [0.15, 0.2) is 30.1 Å². The second-order valence-electron chi connectivity index (χ2n) is 32.3. The smallest absolute Gasteiger partial charge is 0 e. The van der Waals surface area contributed by atoms with Crippen molar-refractivity contribution >= 4 is 121 Å². The van der Waals surface area contributed by atoms with Crippen molar-refractivity contribution in [2.45, 2.75) is 357 Å². The monoisotopic (exact) mass is 2040 g/mol. The number of amides is 1. The Balaban J connectivity index is -0.000000794. The van der Waals surface area contributed by atoms with E-state index < -0.39 is 100 Å². The molecule has 0 aliphatic rings. The number of non-ortho nitro benzene ring substituents is 2. The molecule has 33 nitrogen and oxygen atoms in total. The second-order valence-corrected chi connectivity index (χ2v) is 33.9. The third-order valence-corrected chi connectivity index (χ3v) is 20.4. The molecule has 0 saturated carbocycles. The minimum absolute atomic E-state index is 0. The largest absolute Gasteiger partial charge is 0 e. The maximum Gasteiger partial charge on any atom is 0 e. The molecule has 0 heterocycles. The minimum atomic E-state index is -1.09. The van der Waals surface area contributed by atoms with Crippen molar-refractivity contribution < 1.29 is 139 Å². The van der Waals surface area contributed by atoms with Gasteiger partial charge < -0.3 is 69.0 Å². The van der Waals surface area contributed by atoms with Gasteiger partial charge in [0.2, 0.25) is 6.41 Å². The summed E-state index contributed by atoms with van der Waals surface area (Å²) in [4.78, 5) is 158. The first-order chi connectivity index (χ1) is 66.8. The standard InChI is InChI=1S/C21H31NO5.C21H29NO4.C20H29NO6.C20H31NO4.C13H26O3.C7H5NO4.CH2O2.2ClH.Ni.H2/c1-3-4-5-6-7-8-9-10-15-26-20(24)17(2)27-21(25)18-11-13-19(14-12-18)22-16-23;1-4-5-6-7-8-9-10-11-16-25-20(23)17(2)26-21(24)18-12-14-19(22-3)15-13-18;1-3-4-5-6-7-8-9-10-15-26-19(22)16(2)27-20(23)17-11-13-18(14-12-17)21(24)25;1-3-4-5-6-7-8-9-10-15-24-19(22)16(2)25-20(23)17-11-13-18(21)14-12-17;1-3-4-5-6-7-8-9-10-11-16-13(15)12(2)14;9-7(10)5-1-3-6(4-2-5)8(11)12;2-1-3;;;;/h11-14,16-17H,3-10,15H2,1-2H3,(H,22,23);12-15,17H,4-11,16H2,1-2H3;11-14,16H,3-10,15H2,1-2H3;11-14,16H,3-10,15,21H2,1-2H3;12,14H,3-11H2,1-2H3;1-4H,(H,9,10);1H,(H,2,3);2*1H;;1H/q;;;;;;;;;+2;/p-2/t2*17-;2*16-;12-;;;;;;/m00000....../s1. The van der Waals surface area contributed by atoms with E-state index in [2.05, 4.69) is 44.8 Å². The summed E-state index contributed by atoms with van der Waals surface area (Å²) in [5.74, 6) is -6.25. The van der Waals surface area contributed by atoms with Crippen molar-refractivity contribution in [3.05, 3.63) is 181 Å². The number of unbranched alkanes of at least 4 members (excludes halogenated alkanes) is 35. The number of nitrogens with zero attached hydrogens (tertiary/aromatic N) is 3. The minimum Gasteiger partial charge on any atom is 0 e. The Morgan fingerprint density at radius 3 is 0.791 bits per heavy atom. The molecule has 0 bridgehead atoms. The zero-order valence-corrected chi connectivity index (χ0v) is 85.4. The van der Waals surface area contributed by atoms with Crippen molar-refractivity contribution in [3.8, 4) is 0 Å². The number of nitrogens with one attached hydrogen (secondary N) is 1. The Bertz CT molecular complexity index is 4140. The second kappa shape index (κ2) is 90.7. The van der Waals surface area contributed by atoms with Crippen LogP contribution in [0.3, 0.4) is 0 Å². The van der Waals surface area contributed by atoms with Crippen LogP contribution in [0.15, 0.2) is 121 Å². The molecule has 0 saturated heterocycles. The molecule has 1 amide bonds. The molecule has 0 aromatic heterocycles. The first-order valence-electron chi connectivity index (χ1n) is 48.4. The van der Waals surface area contributed by atoms with E-state index in [0.717, 1.165) is 95.6 Å². The summed E-state index contributed by atoms with van der Waals surface area (Å²) in [5, 5.41) is 47.4. The van der Waals surface area contributed by atoms with Gasteiger partial charge >= 0.3 is 92.7 Å². The Hall–Kier alpha value is -11.1. The number of carboxylic acids is 1. The average Bonchev–Trinajstić information content (AvgIpc) is 0.883. The predicted octanol–water partition coefficient (Wildman–Crippen LogP) is 24.9. The van der Waals surface area contributed by atoms with Crippen LogP contribution in [0, 0.1) is 26.8 Å². The topological polar surface area (TPSA) is 477 Å². The van der Waals surface area contributed by atoms with Crippen molar-refractivity contribution in [2.75, 3.05) is 44.1 Å². The predicted molar refractivity (Wildman–Crippen MR) is 534 cm³/mol. The summed E-state index contributed by atoms with van der Waals surface area (Å²) in [7, 11) is 9.40. The summed E-state index contributed by atoms with van der Waals surface area (Å²) in [6, 6.07) is 28.4. The van der Waals surface area contributed by atoms with Crippen LogP contribution in [-0.2, 0) is 88.8 Å². The zero-order chi connectivity index (χ0) is 104. The van der Waals surface area contributed by atoms with Gasteiger partial charge in [0.05, 0.1) is 77.3 Å². The molecule has 6 N–H and O–H groups in total. The molecule has 0 spiro atoms. The number of hydrogen-bond acceptors (Lipinski definition) is 27. The molecule has 0 aliphatic carbocycles. The molecule has 784 valence electrons. The number of rotatable bonds is 63. The van der Waals surface area contributed by atoms with Crippen LogP contribution in [0.4, 0.5) is 28.4 Å². The summed E-state index contributed by atoms with van der Waals surface area (Å²) < 4.78 is 45.9. The molecule has 5 aromatic rings. The van der Waals surface area contributed by atoms with Crippen molar-refractivity contribution in [1.29, 1.82) is 0 Å². The van der Waals surface area contributed by atoms with Gasteiger partial charge in [0.25, 0.3) is 17.8 Å². The Morgan fingerprint density at radius 2 is 0.583 bits per heavy atom. The fourth-order valence-corrected chi connectivity index (χ4v) is 12.2. The SMILES string of the molecule is CCCCCCCCCCOC(=O)[C@H](C)O.CCCCCCCCCCOC(=O)[C@H](C)OC(=O)c1ccc(N)cc1.CCCCCCCCCCOC(=O)[C@H](C)OC(=O)c1ccc(NC=O)cc1.CCCCCCCCCCOC(=O)[C@H](C)OC(=O)c1ccc([N+](=O)[O-])cc1.O=C(O)c1ccc([N+](=O)[O-])cc1.O=CO.[C-]#[N+]c1ccc(C(=O)O[C@@H](C)C(=O)OCCCCCCCCCC)cc1.[Cl][Ni][Cl].[HH]. The molecule has 0 unspecified atom stereocenters. The van der Waals surface area contributed by atoms with Gasteiger partial charge in [-0.25, -0.2) is 52.8 Å². The molecule has 5 aromatic carbocycles. The van der Waals surface area contributed by atoms with Gasteiger partial charge in [-0.2, -0.15) is 0 Å². The quantitative estimate of drug-likeness (QED) is 0.00278. The molecule has 5 atom stereocenters. The fourth-order valence-electron chi connectivity index (χ4n) is 12.2. The van der Waals surface area contributed by atoms with Crippen LogP contribution >= 0.6 is 20.4 Å². The van der Waals surface area contributed by atoms with Crippen LogP contribution in [0.5, 0.6) is 0 Å². The number of aromatic carboxylic acids is 1. The molecule has 139 heavy (non-hydrogen) atoms. The van der Waals surface area contributed by atoms with Gasteiger partial charge in [-0.1, -0.05) is 284 Å². The number of anilines is 2. The summed E-state index contributed by atoms with van der Waals surface area (Å²) >= 11 is 0.569. The summed E-state index contributed by atoms with van der Waals surface area (Å²) in [6.45, 7) is 26.9. The number of benzene rings is 5. The molecule has 5 rings (SSSR count). The number of nitro benzene ring substituents is 2. The van der Waals surface area contributed by atoms with E-state index in [-0.39, 0.29) is 30.4 Å². The average molecular weight is 2040 g/mol. The third-order valence-electron chi connectivity index (χ3n) is 20.4. The first kappa shape index (κ1) is 132. The first-order valence-corrected chi connectivity index (χ1v) is 51.1. The van der Waals surface area contributed by atoms with E-state index in [0.29, 0.717) is 85.9 Å². The number of ether oxygens (including phenoxy) is 9.